The molecule has 2 aromatic rings. The standard InChI is InChI=1S/C13H12FN3O3/c1-15-13(19)17-16-12(18)11-7-6-10(20-11)8-2-4-9(14)5-3-8/h2-7H,1H3,(H,16,18)(H2,15,17,19). The number of benzene rings is 1. The molecule has 0 bridgehead atoms. The predicted molar refractivity (Wildman–Crippen MR) is 69.2 cm³/mol. The van der Waals surface area contributed by atoms with E-state index in [4.69, 9.17) is 4.42 Å². The Morgan fingerprint density at radius 3 is 2.40 bits per heavy atom. The molecule has 3 amide bonds. The highest BCUT2D eigenvalue weighted by molar-refractivity contribution is 5.93. The Bertz CT molecular complexity index is 622. The van der Waals surface area contributed by atoms with E-state index >= 15 is 0 Å². The third-order valence-corrected chi connectivity index (χ3v) is 2.48. The van der Waals surface area contributed by atoms with Crippen molar-refractivity contribution in [3.05, 3.63) is 48.0 Å². The molecule has 20 heavy (non-hydrogen) atoms. The Morgan fingerprint density at radius 1 is 1.05 bits per heavy atom. The molecule has 0 aliphatic rings. The average Bonchev–Trinajstić information content (AvgIpc) is 2.95. The van der Waals surface area contributed by atoms with Gasteiger partial charge >= 0.3 is 11.9 Å². The number of carbonyl (C=O) groups is 2. The average molecular weight is 277 g/mol. The van der Waals surface area contributed by atoms with Crippen molar-refractivity contribution in [3.8, 4) is 11.3 Å². The Labute approximate surface area is 113 Å². The molecule has 0 unspecified atom stereocenters. The summed E-state index contributed by atoms with van der Waals surface area (Å²) in [7, 11) is 1.42. The van der Waals surface area contributed by atoms with E-state index in [-0.39, 0.29) is 11.6 Å². The first-order valence-electron chi connectivity index (χ1n) is 5.74. The van der Waals surface area contributed by atoms with Crippen molar-refractivity contribution in [2.24, 2.45) is 0 Å². The van der Waals surface area contributed by atoms with Crippen LogP contribution in [0.15, 0.2) is 40.8 Å². The summed E-state index contributed by atoms with van der Waals surface area (Å²) in [6.45, 7) is 0. The van der Waals surface area contributed by atoms with E-state index in [1.165, 1.54) is 25.2 Å². The molecule has 0 saturated heterocycles. The van der Waals surface area contributed by atoms with Crippen molar-refractivity contribution in [3.63, 3.8) is 0 Å². The van der Waals surface area contributed by atoms with Crippen molar-refractivity contribution in [2.75, 3.05) is 7.05 Å². The molecule has 1 aromatic heterocycles. The molecular formula is C13H12FN3O3. The minimum absolute atomic E-state index is 0.0285. The van der Waals surface area contributed by atoms with Gasteiger partial charge in [0.05, 0.1) is 0 Å². The molecule has 2 rings (SSSR count). The molecule has 0 spiro atoms. The van der Waals surface area contributed by atoms with Crippen LogP contribution in [0.5, 0.6) is 0 Å². The van der Waals surface area contributed by atoms with Gasteiger partial charge in [0, 0.05) is 12.6 Å². The smallest absolute Gasteiger partial charge is 0.333 e. The summed E-state index contributed by atoms with van der Waals surface area (Å²) in [4.78, 5) is 22.6. The molecule has 3 N–H and O–H groups in total. The lowest BCUT2D eigenvalue weighted by molar-refractivity contribution is 0.0909. The SMILES string of the molecule is CNC(=O)NNC(=O)c1ccc(-c2ccc(F)cc2)o1. The molecule has 6 nitrogen and oxygen atoms in total. The number of furan rings is 1. The summed E-state index contributed by atoms with van der Waals surface area (Å²) in [6.07, 6.45) is 0. The van der Waals surface area contributed by atoms with E-state index in [1.807, 2.05) is 0 Å². The Kier molecular flexibility index (Phi) is 3.99. The zero-order valence-corrected chi connectivity index (χ0v) is 10.6. The number of urea groups is 1. The summed E-state index contributed by atoms with van der Waals surface area (Å²) < 4.78 is 18.1. The zero-order valence-electron chi connectivity index (χ0n) is 10.6. The number of rotatable bonds is 2. The van der Waals surface area contributed by atoms with Crippen LogP contribution < -0.4 is 16.2 Å². The monoisotopic (exact) mass is 277 g/mol. The number of amides is 3. The van der Waals surface area contributed by atoms with Gasteiger partial charge in [0.1, 0.15) is 11.6 Å². The van der Waals surface area contributed by atoms with Crippen molar-refractivity contribution in [1.82, 2.24) is 16.2 Å². The van der Waals surface area contributed by atoms with Gasteiger partial charge in [-0.3, -0.25) is 10.2 Å². The Hall–Kier alpha value is -2.83. The van der Waals surface area contributed by atoms with E-state index in [1.54, 1.807) is 18.2 Å². The lowest BCUT2D eigenvalue weighted by Crippen LogP contribution is -2.45. The second-order valence-electron chi connectivity index (χ2n) is 3.83. The molecule has 0 radical (unpaired) electrons. The van der Waals surface area contributed by atoms with Crippen LogP contribution in [-0.4, -0.2) is 19.0 Å². The molecule has 0 aliphatic carbocycles. The Morgan fingerprint density at radius 2 is 1.75 bits per heavy atom. The molecule has 1 aromatic carbocycles. The number of hydrogen-bond donors (Lipinski definition) is 3. The quantitative estimate of drug-likeness (QED) is 0.730. The normalized spacial score (nSPS) is 9.90. The van der Waals surface area contributed by atoms with Gasteiger partial charge < -0.3 is 9.73 Å². The fraction of sp³-hybridized carbons (Fsp3) is 0.0769. The Balaban J connectivity index is 2.06. The fourth-order valence-corrected chi connectivity index (χ4v) is 1.47. The van der Waals surface area contributed by atoms with Crippen molar-refractivity contribution in [1.29, 1.82) is 0 Å². The third-order valence-electron chi connectivity index (χ3n) is 2.48. The number of halogens is 1. The van der Waals surface area contributed by atoms with Crippen molar-refractivity contribution in [2.45, 2.75) is 0 Å². The highest BCUT2D eigenvalue weighted by Crippen LogP contribution is 2.22. The molecule has 0 fully saturated rings. The first kappa shape index (κ1) is 13.6. The number of hydrazine groups is 1. The number of nitrogens with one attached hydrogen (secondary N) is 3. The maximum Gasteiger partial charge on any atom is 0.333 e. The van der Waals surface area contributed by atoms with Gasteiger partial charge in [-0.2, -0.15) is 0 Å². The lowest BCUT2D eigenvalue weighted by Gasteiger charge is -2.04. The summed E-state index contributed by atoms with van der Waals surface area (Å²) >= 11 is 0. The van der Waals surface area contributed by atoms with Crippen LogP contribution in [0.1, 0.15) is 10.6 Å². The van der Waals surface area contributed by atoms with Crippen LogP contribution in [0.2, 0.25) is 0 Å². The maximum atomic E-state index is 12.8. The minimum Gasteiger partial charge on any atom is -0.451 e. The van der Waals surface area contributed by atoms with Gasteiger partial charge in [0.2, 0.25) is 0 Å². The van der Waals surface area contributed by atoms with E-state index in [2.05, 4.69) is 16.2 Å². The van der Waals surface area contributed by atoms with Crippen LogP contribution in [-0.2, 0) is 0 Å². The largest absolute Gasteiger partial charge is 0.451 e. The van der Waals surface area contributed by atoms with Crippen LogP contribution >= 0.6 is 0 Å². The summed E-state index contributed by atoms with van der Waals surface area (Å²) in [5, 5.41) is 2.28. The van der Waals surface area contributed by atoms with Gasteiger partial charge in [0.25, 0.3) is 0 Å². The van der Waals surface area contributed by atoms with E-state index < -0.39 is 11.9 Å². The first-order valence-corrected chi connectivity index (χ1v) is 5.74. The van der Waals surface area contributed by atoms with Crippen LogP contribution in [0, 0.1) is 5.82 Å². The highest BCUT2D eigenvalue weighted by atomic mass is 19.1. The van der Waals surface area contributed by atoms with Crippen LogP contribution in [0.4, 0.5) is 9.18 Å². The van der Waals surface area contributed by atoms with Crippen molar-refractivity contribution >= 4 is 11.9 Å². The van der Waals surface area contributed by atoms with Gasteiger partial charge in [0.15, 0.2) is 5.76 Å². The van der Waals surface area contributed by atoms with Crippen molar-refractivity contribution < 1.29 is 18.4 Å². The van der Waals surface area contributed by atoms with E-state index in [0.29, 0.717) is 11.3 Å². The number of hydrogen-bond acceptors (Lipinski definition) is 3. The molecule has 1 heterocycles. The third kappa shape index (κ3) is 3.14. The summed E-state index contributed by atoms with van der Waals surface area (Å²) in [6, 6.07) is 8.16. The first-order chi connectivity index (χ1) is 9.60. The van der Waals surface area contributed by atoms with Gasteiger partial charge in [-0.15, -0.1) is 0 Å². The van der Waals surface area contributed by atoms with Gasteiger partial charge in [-0.05, 0) is 36.4 Å². The van der Waals surface area contributed by atoms with Gasteiger partial charge in [-0.25, -0.2) is 14.6 Å². The van der Waals surface area contributed by atoms with Crippen LogP contribution in [0.3, 0.4) is 0 Å². The fourth-order valence-electron chi connectivity index (χ4n) is 1.47. The molecule has 0 saturated carbocycles. The molecule has 104 valence electrons. The summed E-state index contributed by atoms with van der Waals surface area (Å²) in [5.74, 6) is -0.495. The number of carbonyl (C=O) groups excluding carboxylic acids is 2. The second-order valence-corrected chi connectivity index (χ2v) is 3.83. The van der Waals surface area contributed by atoms with Gasteiger partial charge in [-0.1, -0.05) is 0 Å². The highest BCUT2D eigenvalue weighted by Gasteiger charge is 2.12. The van der Waals surface area contributed by atoms with E-state index in [0.717, 1.165) is 0 Å². The maximum absolute atomic E-state index is 12.8. The minimum atomic E-state index is -0.595. The molecular weight excluding hydrogens is 265 g/mol. The van der Waals surface area contributed by atoms with Crippen LogP contribution in [0.25, 0.3) is 11.3 Å². The predicted octanol–water partition coefficient (Wildman–Crippen LogP) is 1.66. The lowest BCUT2D eigenvalue weighted by atomic mass is 10.2. The summed E-state index contributed by atoms with van der Waals surface area (Å²) in [5.41, 5.74) is 4.94. The topological polar surface area (TPSA) is 83.4 Å². The molecule has 7 heteroatoms. The second kappa shape index (κ2) is 5.87. The van der Waals surface area contributed by atoms with E-state index in [9.17, 15) is 14.0 Å². The molecule has 0 atom stereocenters. The molecule has 0 aliphatic heterocycles. The zero-order chi connectivity index (χ0) is 14.5.